The number of hydrogen-bond donors (Lipinski definition) is 2. The van der Waals surface area contributed by atoms with Crippen molar-refractivity contribution in [3.8, 4) is 0 Å². The Labute approximate surface area is 145 Å². The second kappa shape index (κ2) is 9.73. The zero-order valence-electron chi connectivity index (χ0n) is 14.7. The predicted molar refractivity (Wildman–Crippen MR) is 99.1 cm³/mol. The Morgan fingerprint density at radius 3 is 2.12 bits per heavy atom. The molecule has 2 aromatic rings. The molecular weight excluding hydrogens is 298 g/mol. The highest BCUT2D eigenvalue weighted by Gasteiger charge is 2.16. The summed E-state index contributed by atoms with van der Waals surface area (Å²) in [6, 6.07) is 19.3. The van der Waals surface area contributed by atoms with Gasteiger partial charge in [0.25, 0.3) is 5.91 Å². The lowest BCUT2D eigenvalue weighted by Crippen LogP contribution is -3.11. The highest BCUT2D eigenvalue weighted by molar-refractivity contribution is 5.94. The first kappa shape index (κ1) is 18.0. The van der Waals surface area contributed by atoms with Crippen molar-refractivity contribution >= 4 is 11.6 Å². The molecule has 2 N–H and O–H groups in total. The SMILES string of the molecule is CC[NH+](CC)CCCN(Nc1ccccc1)C(=O)c1ccccc1. The highest BCUT2D eigenvalue weighted by atomic mass is 16.2. The molecule has 2 rings (SSSR count). The van der Waals surface area contributed by atoms with Crippen LogP contribution in [0.15, 0.2) is 60.7 Å². The number of quaternary nitrogens is 1. The molecule has 128 valence electrons. The molecule has 0 saturated carbocycles. The van der Waals surface area contributed by atoms with Gasteiger partial charge in [-0.15, -0.1) is 0 Å². The molecule has 0 bridgehead atoms. The number of para-hydroxylation sites is 1. The monoisotopic (exact) mass is 326 g/mol. The smallest absolute Gasteiger partial charge is 0.272 e. The van der Waals surface area contributed by atoms with Crippen LogP contribution < -0.4 is 10.3 Å². The molecule has 0 aliphatic rings. The van der Waals surface area contributed by atoms with Crippen molar-refractivity contribution < 1.29 is 9.69 Å². The molecule has 24 heavy (non-hydrogen) atoms. The molecule has 0 radical (unpaired) electrons. The Morgan fingerprint density at radius 1 is 0.958 bits per heavy atom. The molecule has 0 aromatic heterocycles. The van der Waals surface area contributed by atoms with Gasteiger partial charge in [0.1, 0.15) is 0 Å². The zero-order valence-corrected chi connectivity index (χ0v) is 14.7. The lowest BCUT2D eigenvalue weighted by atomic mass is 10.2. The number of hydrazine groups is 1. The van der Waals surface area contributed by atoms with Gasteiger partial charge in [-0.05, 0) is 38.1 Å². The van der Waals surface area contributed by atoms with Gasteiger partial charge in [0, 0.05) is 18.5 Å². The third-order valence-electron chi connectivity index (χ3n) is 4.22. The molecule has 0 spiro atoms. The van der Waals surface area contributed by atoms with E-state index in [0.717, 1.165) is 31.7 Å². The topological polar surface area (TPSA) is 36.8 Å². The van der Waals surface area contributed by atoms with Crippen LogP contribution in [-0.2, 0) is 0 Å². The molecule has 0 fully saturated rings. The number of rotatable bonds is 9. The van der Waals surface area contributed by atoms with E-state index in [1.54, 1.807) is 9.91 Å². The average molecular weight is 326 g/mol. The molecule has 2 aromatic carbocycles. The second-order valence-electron chi connectivity index (χ2n) is 5.86. The van der Waals surface area contributed by atoms with Gasteiger partial charge in [-0.25, -0.2) is 0 Å². The van der Waals surface area contributed by atoms with Gasteiger partial charge < -0.3 is 4.90 Å². The normalized spacial score (nSPS) is 10.6. The number of hydrogen-bond acceptors (Lipinski definition) is 2. The summed E-state index contributed by atoms with van der Waals surface area (Å²) >= 11 is 0. The highest BCUT2D eigenvalue weighted by Crippen LogP contribution is 2.10. The van der Waals surface area contributed by atoms with Gasteiger partial charge in [-0.1, -0.05) is 36.4 Å². The Morgan fingerprint density at radius 2 is 1.54 bits per heavy atom. The van der Waals surface area contributed by atoms with Crippen LogP contribution in [0.4, 0.5) is 5.69 Å². The van der Waals surface area contributed by atoms with Gasteiger partial charge in [0.15, 0.2) is 0 Å². The molecule has 4 heteroatoms. The number of anilines is 1. The number of benzene rings is 2. The Kier molecular flexibility index (Phi) is 7.30. The van der Waals surface area contributed by atoms with Crippen LogP contribution in [0.3, 0.4) is 0 Å². The molecule has 0 aliphatic carbocycles. The van der Waals surface area contributed by atoms with Gasteiger partial charge in [-0.2, -0.15) is 0 Å². The van der Waals surface area contributed by atoms with Crippen molar-refractivity contribution in [3.63, 3.8) is 0 Å². The van der Waals surface area contributed by atoms with E-state index in [1.165, 1.54) is 0 Å². The molecule has 0 unspecified atom stereocenters. The van der Waals surface area contributed by atoms with Crippen LogP contribution >= 0.6 is 0 Å². The molecular formula is C20H28N3O+. The maximum atomic E-state index is 12.8. The summed E-state index contributed by atoms with van der Waals surface area (Å²) in [7, 11) is 0. The molecule has 1 amide bonds. The fourth-order valence-corrected chi connectivity index (χ4v) is 2.70. The standard InChI is InChI=1S/C20H27N3O/c1-3-22(4-2)16-11-17-23(21-19-14-9-6-10-15-19)20(24)18-12-7-5-8-13-18/h5-10,12-15,21H,3-4,11,16-17H2,1-2H3/p+1. The summed E-state index contributed by atoms with van der Waals surface area (Å²) in [5, 5.41) is 1.73. The van der Waals surface area contributed by atoms with E-state index in [0.29, 0.717) is 12.1 Å². The van der Waals surface area contributed by atoms with Crippen LogP contribution in [0.25, 0.3) is 0 Å². The minimum absolute atomic E-state index is 0.00833. The van der Waals surface area contributed by atoms with Crippen LogP contribution in [0.5, 0.6) is 0 Å². The largest absolute Gasteiger partial charge is 0.335 e. The maximum absolute atomic E-state index is 12.8. The number of amides is 1. The van der Waals surface area contributed by atoms with Crippen LogP contribution in [0.2, 0.25) is 0 Å². The minimum atomic E-state index is 0.00833. The van der Waals surface area contributed by atoms with E-state index >= 15 is 0 Å². The van der Waals surface area contributed by atoms with Crippen molar-refractivity contribution in [1.29, 1.82) is 0 Å². The van der Waals surface area contributed by atoms with Gasteiger partial charge in [-0.3, -0.25) is 15.2 Å². The number of nitrogens with zero attached hydrogens (tertiary/aromatic N) is 1. The first-order valence-corrected chi connectivity index (χ1v) is 8.76. The van der Waals surface area contributed by atoms with E-state index in [4.69, 9.17) is 0 Å². The van der Waals surface area contributed by atoms with Gasteiger partial charge >= 0.3 is 0 Å². The lowest BCUT2D eigenvalue weighted by Gasteiger charge is -2.25. The first-order chi connectivity index (χ1) is 11.7. The third kappa shape index (κ3) is 5.39. The summed E-state index contributed by atoms with van der Waals surface area (Å²) in [6.07, 6.45) is 0.968. The van der Waals surface area contributed by atoms with E-state index in [-0.39, 0.29) is 5.91 Å². The average Bonchev–Trinajstić information content (AvgIpc) is 2.65. The maximum Gasteiger partial charge on any atom is 0.272 e. The van der Waals surface area contributed by atoms with E-state index < -0.39 is 0 Å². The summed E-state index contributed by atoms with van der Waals surface area (Å²) in [5.41, 5.74) is 4.89. The number of carbonyl (C=O) groups is 1. The van der Waals surface area contributed by atoms with Crippen molar-refractivity contribution in [2.45, 2.75) is 20.3 Å². The van der Waals surface area contributed by atoms with E-state index in [2.05, 4.69) is 19.3 Å². The number of nitrogens with one attached hydrogen (secondary N) is 2. The number of carbonyl (C=O) groups excluding carboxylic acids is 1. The Bertz CT molecular complexity index is 597. The van der Waals surface area contributed by atoms with Crippen molar-refractivity contribution in [2.24, 2.45) is 0 Å². The molecule has 4 nitrogen and oxygen atoms in total. The second-order valence-corrected chi connectivity index (χ2v) is 5.86. The van der Waals surface area contributed by atoms with Crippen molar-refractivity contribution in [2.75, 3.05) is 31.6 Å². The van der Waals surface area contributed by atoms with Crippen molar-refractivity contribution in [1.82, 2.24) is 5.01 Å². The van der Waals surface area contributed by atoms with Crippen molar-refractivity contribution in [3.05, 3.63) is 66.2 Å². The van der Waals surface area contributed by atoms with E-state index in [1.807, 2.05) is 60.7 Å². The zero-order chi connectivity index (χ0) is 17.2. The van der Waals surface area contributed by atoms with Crippen LogP contribution in [0, 0.1) is 0 Å². The summed E-state index contributed by atoms with van der Waals surface area (Å²) in [5.74, 6) is 0.00833. The van der Waals surface area contributed by atoms with Gasteiger partial charge in [0.05, 0.1) is 25.3 Å². The first-order valence-electron chi connectivity index (χ1n) is 8.76. The predicted octanol–water partition coefficient (Wildman–Crippen LogP) is 2.47. The third-order valence-corrected chi connectivity index (χ3v) is 4.22. The quantitative estimate of drug-likeness (QED) is 0.695. The van der Waals surface area contributed by atoms with Crippen LogP contribution in [0.1, 0.15) is 30.6 Å². The Balaban J connectivity index is 2.05. The van der Waals surface area contributed by atoms with E-state index in [9.17, 15) is 4.79 Å². The van der Waals surface area contributed by atoms with Gasteiger partial charge in [0.2, 0.25) is 0 Å². The Hall–Kier alpha value is -2.33. The fraction of sp³-hybridized carbons (Fsp3) is 0.350. The summed E-state index contributed by atoms with van der Waals surface area (Å²) in [4.78, 5) is 14.4. The molecule has 0 atom stereocenters. The van der Waals surface area contributed by atoms with Crippen LogP contribution in [-0.4, -0.2) is 37.1 Å². The summed E-state index contributed by atoms with van der Waals surface area (Å²) < 4.78 is 0. The molecule has 0 aliphatic heterocycles. The minimum Gasteiger partial charge on any atom is -0.335 e. The molecule has 0 saturated heterocycles. The lowest BCUT2D eigenvalue weighted by molar-refractivity contribution is -0.896. The summed E-state index contributed by atoms with van der Waals surface area (Å²) in [6.45, 7) is 8.40. The molecule has 0 heterocycles. The fourth-order valence-electron chi connectivity index (χ4n) is 2.70.